The smallest absolute Gasteiger partial charge is 0.237 e. The first-order valence-corrected chi connectivity index (χ1v) is 9.42. The lowest BCUT2D eigenvalue weighted by atomic mass is 9.74. The van der Waals surface area contributed by atoms with Crippen molar-refractivity contribution in [2.75, 3.05) is 26.9 Å². The lowest BCUT2D eigenvalue weighted by molar-refractivity contribution is -0.122. The summed E-state index contributed by atoms with van der Waals surface area (Å²) in [5, 5.41) is 3.09. The standard InChI is InChI=1S/C22H28N2O3/c1-26-19-9-7-18(8-10-19)22(11-13-27-14-12-22)16-24-21(25)20(23)15-17-5-3-2-4-6-17/h2-10,20H,11-16,23H2,1H3,(H,24,25)/t20-/m0/s1. The number of ether oxygens (including phenoxy) is 2. The second-order valence-electron chi connectivity index (χ2n) is 7.14. The van der Waals surface area contributed by atoms with Crippen LogP contribution in [-0.2, 0) is 21.4 Å². The maximum atomic E-state index is 12.6. The number of amides is 1. The molecule has 2 aromatic rings. The molecule has 2 aromatic carbocycles. The normalized spacial score (nSPS) is 17.1. The quantitative estimate of drug-likeness (QED) is 0.787. The predicted molar refractivity (Wildman–Crippen MR) is 106 cm³/mol. The van der Waals surface area contributed by atoms with Crippen LogP contribution < -0.4 is 15.8 Å². The minimum absolute atomic E-state index is 0.113. The van der Waals surface area contributed by atoms with E-state index < -0.39 is 6.04 Å². The summed E-state index contributed by atoms with van der Waals surface area (Å²) in [6.07, 6.45) is 2.27. The molecule has 27 heavy (non-hydrogen) atoms. The van der Waals surface area contributed by atoms with Gasteiger partial charge in [0.1, 0.15) is 5.75 Å². The number of carbonyl (C=O) groups is 1. The Morgan fingerprint density at radius 1 is 1.15 bits per heavy atom. The molecule has 0 spiro atoms. The lowest BCUT2D eigenvalue weighted by Crippen LogP contribution is -2.49. The third-order valence-electron chi connectivity index (χ3n) is 5.39. The molecular formula is C22H28N2O3. The average Bonchev–Trinajstić information content (AvgIpc) is 2.73. The summed E-state index contributed by atoms with van der Waals surface area (Å²) in [6.45, 7) is 1.94. The first kappa shape index (κ1) is 19.4. The highest BCUT2D eigenvalue weighted by Gasteiger charge is 2.35. The van der Waals surface area contributed by atoms with E-state index >= 15 is 0 Å². The van der Waals surface area contributed by atoms with Gasteiger partial charge in [-0.15, -0.1) is 0 Å². The van der Waals surface area contributed by atoms with Crippen LogP contribution >= 0.6 is 0 Å². The van der Waals surface area contributed by atoms with Crippen molar-refractivity contribution in [1.29, 1.82) is 0 Å². The van der Waals surface area contributed by atoms with Gasteiger partial charge in [-0.1, -0.05) is 42.5 Å². The van der Waals surface area contributed by atoms with Gasteiger partial charge in [0.2, 0.25) is 5.91 Å². The zero-order valence-electron chi connectivity index (χ0n) is 15.8. The largest absolute Gasteiger partial charge is 0.497 e. The van der Waals surface area contributed by atoms with Crippen molar-refractivity contribution in [2.24, 2.45) is 5.73 Å². The Balaban J connectivity index is 1.66. The summed E-state index contributed by atoms with van der Waals surface area (Å²) < 4.78 is 10.8. The summed E-state index contributed by atoms with van der Waals surface area (Å²) in [5.74, 6) is 0.716. The molecule has 1 aliphatic heterocycles. The van der Waals surface area contributed by atoms with E-state index in [1.165, 1.54) is 5.56 Å². The SMILES string of the molecule is COc1ccc(C2(CNC(=O)[C@@H](N)Cc3ccccc3)CCOCC2)cc1. The number of hydrogen-bond donors (Lipinski definition) is 2. The first-order chi connectivity index (χ1) is 13.1. The summed E-state index contributed by atoms with van der Waals surface area (Å²) in [5.41, 5.74) is 8.26. The fraction of sp³-hybridized carbons (Fsp3) is 0.409. The molecule has 0 bridgehead atoms. The van der Waals surface area contributed by atoms with E-state index in [9.17, 15) is 4.79 Å². The molecule has 5 heteroatoms. The number of carbonyl (C=O) groups excluding carboxylic acids is 1. The number of benzene rings is 2. The van der Waals surface area contributed by atoms with Crippen LogP contribution in [0.4, 0.5) is 0 Å². The van der Waals surface area contributed by atoms with Crippen molar-refractivity contribution >= 4 is 5.91 Å². The number of rotatable bonds is 7. The molecule has 144 valence electrons. The maximum absolute atomic E-state index is 12.6. The van der Waals surface area contributed by atoms with Crippen molar-refractivity contribution in [3.05, 3.63) is 65.7 Å². The van der Waals surface area contributed by atoms with Crippen LogP contribution in [0.15, 0.2) is 54.6 Å². The van der Waals surface area contributed by atoms with Gasteiger partial charge in [0.25, 0.3) is 0 Å². The fourth-order valence-electron chi connectivity index (χ4n) is 3.62. The van der Waals surface area contributed by atoms with Crippen molar-refractivity contribution in [3.63, 3.8) is 0 Å². The van der Waals surface area contributed by atoms with Gasteiger partial charge in [0.05, 0.1) is 13.2 Å². The van der Waals surface area contributed by atoms with Crippen molar-refractivity contribution < 1.29 is 14.3 Å². The second-order valence-corrected chi connectivity index (χ2v) is 7.14. The van der Waals surface area contributed by atoms with E-state index in [1.807, 2.05) is 42.5 Å². The van der Waals surface area contributed by atoms with Crippen LogP contribution in [0.2, 0.25) is 0 Å². The van der Waals surface area contributed by atoms with E-state index in [0.717, 1.165) is 24.2 Å². The monoisotopic (exact) mass is 368 g/mol. The minimum Gasteiger partial charge on any atom is -0.497 e. The molecule has 1 amide bonds. The number of nitrogens with two attached hydrogens (primary N) is 1. The van der Waals surface area contributed by atoms with Gasteiger partial charge in [-0.3, -0.25) is 4.79 Å². The summed E-state index contributed by atoms with van der Waals surface area (Å²) in [6, 6.07) is 17.4. The van der Waals surface area contributed by atoms with Crippen LogP contribution in [0, 0.1) is 0 Å². The predicted octanol–water partition coefficient (Wildman–Crippen LogP) is 2.43. The second kappa shape index (κ2) is 9.02. The molecule has 1 fully saturated rings. The van der Waals surface area contributed by atoms with Crippen molar-refractivity contribution in [1.82, 2.24) is 5.32 Å². The molecule has 0 saturated carbocycles. The maximum Gasteiger partial charge on any atom is 0.237 e. The van der Waals surface area contributed by atoms with E-state index in [-0.39, 0.29) is 11.3 Å². The zero-order chi connectivity index (χ0) is 19.1. The van der Waals surface area contributed by atoms with E-state index in [2.05, 4.69) is 17.4 Å². The summed E-state index contributed by atoms with van der Waals surface area (Å²) in [4.78, 5) is 12.6. The van der Waals surface area contributed by atoms with E-state index in [1.54, 1.807) is 7.11 Å². The van der Waals surface area contributed by atoms with Gasteiger partial charge in [-0.2, -0.15) is 0 Å². The molecule has 0 aliphatic carbocycles. The zero-order valence-corrected chi connectivity index (χ0v) is 15.8. The molecule has 3 rings (SSSR count). The van der Waals surface area contributed by atoms with Gasteiger partial charge in [0, 0.05) is 25.2 Å². The van der Waals surface area contributed by atoms with Crippen LogP contribution in [0.25, 0.3) is 0 Å². The van der Waals surface area contributed by atoms with Crippen LogP contribution in [0.3, 0.4) is 0 Å². The fourth-order valence-corrected chi connectivity index (χ4v) is 3.62. The Morgan fingerprint density at radius 2 is 1.81 bits per heavy atom. The highest BCUT2D eigenvalue weighted by atomic mass is 16.5. The minimum atomic E-state index is -0.555. The molecule has 0 aromatic heterocycles. The lowest BCUT2D eigenvalue weighted by Gasteiger charge is -2.38. The van der Waals surface area contributed by atoms with Crippen LogP contribution in [-0.4, -0.2) is 38.8 Å². The first-order valence-electron chi connectivity index (χ1n) is 9.42. The van der Waals surface area contributed by atoms with Gasteiger partial charge in [0.15, 0.2) is 0 Å². The summed E-state index contributed by atoms with van der Waals surface area (Å²) in [7, 11) is 1.66. The van der Waals surface area contributed by atoms with E-state index in [4.69, 9.17) is 15.2 Å². The Morgan fingerprint density at radius 3 is 2.44 bits per heavy atom. The summed E-state index contributed by atoms with van der Waals surface area (Å²) >= 11 is 0. The third kappa shape index (κ3) is 4.87. The molecule has 1 saturated heterocycles. The van der Waals surface area contributed by atoms with Gasteiger partial charge >= 0.3 is 0 Å². The van der Waals surface area contributed by atoms with Gasteiger partial charge in [-0.25, -0.2) is 0 Å². The molecule has 5 nitrogen and oxygen atoms in total. The molecule has 1 aliphatic rings. The topological polar surface area (TPSA) is 73.6 Å². The Labute approximate surface area is 160 Å². The number of hydrogen-bond acceptors (Lipinski definition) is 4. The molecule has 0 radical (unpaired) electrons. The highest BCUT2D eigenvalue weighted by Crippen LogP contribution is 2.35. The van der Waals surface area contributed by atoms with Gasteiger partial charge < -0.3 is 20.5 Å². The third-order valence-corrected chi connectivity index (χ3v) is 5.39. The van der Waals surface area contributed by atoms with Gasteiger partial charge in [-0.05, 0) is 42.5 Å². The molecule has 3 N–H and O–H groups in total. The Bertz CT molecular complexity index is 725. The van der Waals surface area contributed by atoms with Crippen LogP contribution in [0.5, 0.6) is 5.75 Å². The highest BCUT2D eigenvalue weighted by molar-refractivity contribution is 5.81. The van der Waals surface area contributed by atoms with Crippen molar-refractivity contribution in [3.8, 4) is 5.75 Å². The molecular weight excluding hydrogens is 340 g/mol. The number of methoxy groups -OCH3 is 1. The Hall–Kier alpha value is -2.37. The van der Waals surface area contributed by atoms with E-state index in [0.29, 0.717) is 26.2 Å². The Kier molecular flexibility index (Phi) is 6.48. The number of nitrogens with one attached hydrogen (secondary N) is 1. The average molecular weight is 368 g/mol. The van der Waals surface area contributed by atoms with Crippen LogP contribution in [0.1, 0.15) is 24.0 Å². The van der Waals surface area contributed by atoms with Crippen molar-refractivity contribution in [2.45, 2.75) is 30.7 Å². The molecule has 0 unspecified atom stereocenters. The molecule has 1 heterocycles. The molecule has 1 atom stereocenters.